The molecule has 0 aliphatic carbocycles. The molecule has 5 heteroatoms. The van der Waals surface area contributed by atoms with E-state index < -0.39 is 5.97 Å². The van der Waals surface area contributed by atoms with Crippen LogP contribution in [0, 0.1) is 0 Å². The van der Waals surface area contributed by atoms with Crippen molar-refractivity contribution in [1.29, 1.82) is 0 Å². The van der Waals surface area contributed by atoms with Crippen LogP contribution in [0.2, 0.25) is 0 Å². The van der Waals surface area contributed by atoms with Crippen molar-refractivity contribution in [2.75, 3.05) is 0 Å². The van der Waals surface area contributed by atoms with Gasteiger partial charge in [0.2, 0.25) is 0 Å². The molecule has 0 spiro atoms. The third kappa shape index (κ3) is 25.5. The molecule has 1 atom stereocenters. The Morgan fingerprint density at radius 2 is 1.61 bits per heavy atom. The van der Waals surface area contributed by atoms with Crippen LogP contribution < -0.4 is 56.5 Å². The number of carbonyl (C=O) groups excluding carboxylic acids is 1. The van der Waals surface area contributed by atoms with E-state index in [-0.39, 0.29) is 76.3 Å². The van der Waals surface area contributed by atoms with Crippen molar-refractivity contribution in [1.82, 2.24) is 0 Å². The second-order valence-corrected chi connectivity index (χ2v) is 5.89. The third-order valence-corrected chi connectivity index (χ3v) is 3.72. The molecule has 0 heterocycles. The first kappa shape index (κ1) is 28.9. The van der Waals surface area contributed by atoms with Crippen molar-refractivity contribution < 1.29 is 66.4 Å². The quantitative estimate of drug-likeness (QED) is 0.266. The number of allylic oxidation sites excluding steroid dienone is 1. The van der Waals surface area contributed by atoms with Gasteiger partial charge in [-0.3, -0.25) is 0 Å². The van der Waals surface area contributed by atoms with Crippen molar-refractivity contribution in [3.8, 4) is 0 Å². The Kier molecular flexibility index (Phi) is 29.0. The zero-order valence-corrected chi connectivity index (χ0v) is 19.0. The first-order chi connectivity index (χ1) is 10.2. The molecular formula is C18H34ClKO3. The fourth-order valence-corrected chi connectivity index (χ4v) is 2.36. The minimum atomic E-state index is -0.939. The molecule has 0 saturated carbocycles. The molecule has 0 aliphatic heterocycles. The average molecular weight is 373 g/mol. The summed E-state index contributed by atoms with van der Waals surface area (Å²) in [6.45, 7) is 2.20. The van der Waals surface area contributed by atoms with E-state index in [0.29, 0.717) is 0 Å². The maximum absolute atomic E-state index is 10.2. The van der Waals surface area contributed by atoms with Gasteiger partial charge in [0.05, 0.1) is 6.10 Å². The number of carbonyl (C=O) groups is 1. The maximum Gasteiger partial charge on any atom is 1.00 e. The third-order valence-electron chi connectivity index (χ3n) is 3.72. The number of aliphatic hydroxyl groups excluding tert-OH is 1. The molecule has 0 aromatic rings. The molecule has 0 aromatic carbocycles. The van der Waals surface area contributed by atoms with Gasteiger partial charge < -0.3 is 15.0 Å². The number of carboxylic acids is 1. The molecule has 0 aliphatic rings. The molecule has 0 amide bonds. The van der Waals surface area contributed by atoms with Crippen molar-refractivity contribution in [3.05, 3.63) is 12.2 Å². The Labute approximate surface area is 191 Å². The summed E-state index contributed by atoms with van der Waals surface area (Å²) in [6, 6.07) is 0. The normalized spacial score (nSPS) is 11.7. The van der Waals surface area contributed by atoms with Crippen LogP contribution in [0.1, 0.15) is 90.4 Å². The maximum atomic E-state index is 10.2. The molecule has 0 saturated heterocycles. The van der Waals surface area contributed by atoms with Crippen LogP contribution in [0.25, 0.3) is 0 Å². The first-order valence-corrected chi connectivity index (χ1v) is 8.69. The standard InChI is InChI=1S/C18H34O3.ClH.K/c1-2-3-4-11-14-17(19)15-12-9-7-5-6-8-10-13-16-18(20)21;;/h9,12,17,19H,2-8,10-11,13-16H2,1H3,(H,20,21);1H;/q;;+1/p-1/b12-9-;;/t17-;;/m1../s1. The van der Waals surface area contributed by atoms with Crippen LogP contribution in [0.3, 0.4) is 0 Å². The van der Waals surface area contributed by atoms with Gasteiger partial charge in [-0.05, 0) is 38.5 Å². The molecule has 3 nitrogen and oxygen atoms in total. The van der Waals surface area contributed by atoms with Crippen LogP contribution in [-0.4, -0.2) is 17.2 Å². The first-order valence-electron chi connectivity index (χ1n) is 8.69. The Bertz CT molecular complexity index is 273. The predicted molar refractivity (Wildman–Crippen MR) is 93.1 cm³/mol. The number of rotatable bonds is 15. The topological polar surface area (TPSA) is 60.4 Å². The van der Waals surface area contributed by atoms with Gasteiger partial charge in [0.15, 0.2) is 0 Å². The number of aliphatic hydroxyl groups is 1. The molecule has 0 bridgehead atoms. The van der Waals surface area contributed by atoms with E-state index in [0.717, 1.165) is 57.8 Å². The number of hydrogen-bond acceptors (Lipinski definition) is 3. The van der Waals surface area contributed by atoms with Gasteiger partial charge in [-0.25, -0.2) is 0 Å². The minimum absolute atomic E-state index is 0. The second-order valence-electron chi connectivity index (χ2n) is 5.89. The summed E-state index contributed by atoms with van der Waals surface area (Å²) in [5.41, 5.74) is 0. The van der Waals surface area contributed by atoms with E-state index in [9.17, 15) is 15.0 Å². The van der Waals surface area contributed by atoms with Crippen LogP contribution in [0.4, 0.5) is 0 Å². The van der Waals surface area contributed by atoms with Crippen molar-refractivity contribution >= 4 is 18.4 Å². The summed E-state index contributed by atoms with van der Waals surface area (Å²) in [5, 5.41) is 20.0. The molecule has 0 fully saturated rings. The molecular weight excluding hydrogens is 339 g/mol. The Morgan fingerprint density at radius 3 is 2.26 bits per heavy atom. The van der Waals surface area contributed by atoms with Gasteiger partial charge in [0, 0.05) is 5.97 Å². The summed E-state index contributed by atoms with van der Waals surface area (Å²) >= 11 is 0. The Morgan fingerprint density at radius 1 is 1.00 bits per heavy atom. The molecule has 0 radical (unpaired) electrons. The monoisotopic (exact) mass is 372 g/mol. The zero-order chi connectivity index (χ0) is 15.8. The van der Waals surface area contributed by atoms with Crippen molar-refractivity contribution in [2.45, 2.75) is 96.5 Å². The average Bonchev–Trinajstić information content (AvgIpc) is 2.45. The molecule has 0 unspecified atom stereocenters. The zero-order valence-electron chi connectivity index (χ0n) is 15.1. The summed E-state index contributed by atoms with van der Waals surface area (Å²) in [5.74, 6) is -0.939. The molecule has 0 aromatic heterocycles. The summed E-state index contributed by atoms with van der Waals surface area (Å²) in [4.78, 5) is 10.2. The molecule has 1 N–H and O–H groups in total. The summed E-state index contributed by atoms with van der Waals surface area (Å²) < 4.78 is 0. The van der Waals surface area contributed by atoms with E-state index in [1.54, 1.807) is 0 Å². The van der Waals surface area contributed by atoms with Crippen LogP contribution >= 0.6 is 12.4 Å². The van der Waals surface area contributed by atoms with E-state index in [1.807, 2.05) is 0 Å². The number of hydrogen-bond donors (Lipinski definition) is 1. The van der Waals surface area contributed by atoms with E-state index >= 15 is 0 Å². The number of unbranched alkanes of at least 4 members (excludes halogenated alkanes) is 8. The second kappa shape index (κ2) is 23.1. The number of halogens is 1. The molecule has 23 heavy (non-hydrogen) atoms. The van der Waals surface area contributed by atoms with E-state index in [4.69, 9.17) is 0 Å². The van der Waals surface area contributed by atoms with Gasteiger partial charge >= 0.3 is 51.4 Å². The molecule has 0 rings (SSSR count). The Hall–Kier alpha value is 1.10. The predicted octanol–water partition coefficient (Wildman–Crippen LogP) is 1.17. The number of aliphatic carboxylic acids is 1. The van der Waals surface area contributed by atoms with Gasteiger partial charge in [-0.1, -0.05) is 64.0 Å². The van der Waals surface area contributed by atoms with Gasteiger partial charge in [-0.2, -0.15) is 0 Å². The van der Waals surface area contributed by atoms with Gasteiger partial charge in [0.25, 0.3) is 0 Å². The van der Waals surface area contributed by atoms with E-state index in [1.165, 1.54) is 19.3 Å². The molecule has 132 valence electrons. The SMILES string of the molecule is CCCCCC[C@@H](O)C/C=C\CCCCCCCC(=O)[O-].Cl.[K+]. The van der Waals surface area contributed by atoms with Crippen LogP contribution in [0.15, 0.2) is 12.2 Å². The van der Waals surface area contributed by atoms with Crippen molar-refractivity contribution in [3.63, 3.8) is 0 Å². The van der Waals surface area contributed by atoms with Crippen LogP contribution in [0.5, 0.6) is 0 Å². The van der Waals surface area contributed by atoms with Gasteiger partial charge in [0.1, 0.15) is 0 Å². The van der Waals surface area contributed by atoms with Gasteiger partial charge in [-0.15, -0.1) is 12.4 Å². The fourth-order valence-electron chi connectivity index (χ4n) is 2.36. The van der Waals surface area contributed by atoms with Crippen LogP contribution in [-0.2, 0) is 4.79 Å². The fraction of sp³-hybridized carbons (Fsp3) is 0.833. The number of carboxylic acid groups (broad SMARTS) is 1. The summed E-state index contributed by atoms with van der Waals surface area (Å²) in [7, 11) is 0. The van der Waals surface area contributed by atoms with Crippen molar-refractivity contribution in [2.24, 2.45) is 0 Å². The Balaban J connectivity index is -0.00000200. The minimum Gasteiger partial charge on any atom is -0.550 e. The smallest absolute Gasteiger partial charge is 0.550 e. The van der Waals surface area contributed by atoms with E-state index in [2.05, 4.69) is 19.1 Å². The summed E-state index contributed by atoms with van der Waals surface area (Å²) in [6.07, 6.45) is 17.0. The largest absolute Gasteiger partial charge is 1.00 e.